The largest absolute Gasteiger partial charge is 0.478 e. The van der Waals surface area contributed by atoms with Crippen molar-refractivity contribution in [3.05, 3.63) is 38.8 Å². The highest BCUT2D eigenvalue weighted by Gasteiger charge is 2.29. The fraction of sp³-hybridized carbons (Fsp3) is 0.375. The van der Waals surface area contributed by atoms with Gasteiger partial charge >= 0.3 is 5.97 Å². The summed E-state index contributed by atoms with van der Waals surface area (Å²) in [4.78, 5) is 23.6. The third kappa shape index (κ3) is 2.76. The molecule has 0 unspecified atom stereocenters. The van der Waals surface area contributed by atoms with Gasteiger partial charge in [-0.3, -0.25) is 4.79 Å². The van der Waals surface area contributed by atoms with Crippen LogP contribution in [0.5, 0.6) is 0 Å². The molecule has 0 saturated carbocycles. The molecular weight excluding hydrogens is 270 g/mol. The molecular formula is C16H17NO4. The Kier molecular flexibility index (Phi) is 3.52. The van der Waals surface area contributed by atoms with E-state index in [9.17, 15) is 19.8 Å². The van der Waals surface area contributed by atoms with Gasteiger partial charge < -0.3 is 14.8 Å². The highest BCUT2D eigenvalue weighted by atomic mass is 16.4. The smallest absolute Gasteiger partial charge is 0.336 e. The number of carbonyl (C=O) groups is 1. The molecule has 1 heterocycles. The molecule has 5 heteroatoms. The Morgan fingerprint density at radius 1 is 1.43 bits per heavy atom. The molecule has 0 radical (unpaired) electrons. The zero-order valence-electron chi connectivity index (χ0n) is 12.4. The SMILES string of the molecule is CC1=C(C(=O)O)c2c(C#CC(C)(C)O)cn(C)c(=O)c2C1. The molecule has 0 atom stereocenters. The van der Waals surface area contributed by atoms with Crippen LogP contribution in [0.2, 0.25) is 0 Å². The summed E-state index contributed by atoms with van der Waals surface area (Å²) in [5.41, 5.74) is 0.671. The maximum atomic E-state index is 12.2. The quantitative estimate of drug-likeness (QED) is 0.753. The minimum absolute atomic E-state index is 0.141. The van der Waals surface area contributed by atoms with Crippen molar-refractivity contribution >= 4 is 11.5 Å². The van der Waals surface area contributed by atoms with Gasteiger partial charge in [0.2, 0.25) is 0 Å². The van der Waals surface area contributed by atoms with Crippen molar-refractivity contribution in [2.24, 2.45) is 7.05 Å². The van der Waals surface area contributed by atoms with Crippen molar-refractivity contribution < 1.29 is 15.0 Å². The first-order valence-corrected chi connectivity index (χ1v) is 6.53. The van der Waals surface area contributed by atoms with Crippen molar-refractivity contribution in [2.75, 3.05) is 0 Å². The van der Waals surface area contributed by atoms with Crippen LogP contribution in [0.3, 0.4) is 0 Å². The fourth-order valence-corrected chi connectivity index (χ4v) is 2.42. The third-order valence-electron chi connectivity index (χ3n) is 3.31. The van der Waals surface area contributed by atoms with Gasteiger partial charge in [-0.2, -0.15) is 0 Å². The summed E-state index contributed by atoms with van der Waals surface area (Å²) in [6, 6.07) is 0. The van der Waals surface area contributed by atoms with E-state index in [1.807, 2.05) is 0 Å². The molecule has 2 rings (SSSR count). The minimum atomic E-state index is -1.19. The molecule has 1 aromatic heterocycles. The van der Waals surface area contributed by atoms with E-state index in [4.69, 9.17) is 0 Å². The van der Waals surface area contributed by atoms with Gasteiger partial charge in [0.1, 0.15) is 5.60 Å². The van der Waals surface area contributed by atoms with Crippen LogP contribution in [0.4, 0.5) is 0 Å². The number of aromatic nitrogens is 1. The summed E-state index contributed by atoms with van der Waals surface area (Å²) in [5, 5.41) is 19.1. The molecule has 110 valence electrons. The maximum Gasteiger partial charge on any atom is 0.336 e. The lowest BCUT2D eigenvalue weighted by molar-refractivity contribution is -0.130. The molecule has 0 fully saturated rings. The number of nitrogens with zero attached hydrogens (tertiary/aromatic N) is 1. The Hall–Kier alpha value is -2.32. The molecule has 0 aromatic carbocycles. The van der Waals surface area contributed by atoms with E-state index in [1.54, 1.807) is 27.8 Å². The number of hydrogen-bond acceptors (Lipinski definition) is 3. The first-order valence-electron chi connectivity index (χ1n) is 6.53. The van der Waals surface area contributed by atoms with Gasteiger partial charge in [-0.15, -0.1) is 0 Å². The lowest BCUT2D eigenvalue weighted by Gasteiger charge is -2.10. The first kappa shape index (κ1) is 15.1. The summed E-state index contributed by atoms with van der Waals surface area (Å²) in [6.45, 7) is 4.79. The number of rotatable bonds is 1. The summed E-state index contributed by atoms with van der Waals surface area (Å²) in [6.07, 6.45) is 1.84. The van der Waals surface area contributed by atoms with Gasteiger partial charge in [-0.1, -0.05) is 17.4 Å². The van der Waals surface area contributed by atoms with Crippen LogP contribution in [0.1, 0.15) is 37.5 Å². The van der Waals surface area contributed by atoms with Gasteiger partial charge in [-0.25, -0.2) is 4.79 Å². The van der Waals surface area contributed by atoms with Gasteiger partial charge in [0.05, 0.1) is 5.57 Å². The highest BCUT2D eigenvalue weighted by molar-refractivity contribution is 6.18. The highest BCUT2D eigenvalue weighted by Crippen LogP contribution is 2.33. The van der Waals surface area contributed by atoms with Crippen LogP contribution in [-0.4, -0.2) is 26.4 Å². The van der Waals surface area contributed by atoms with Crippen molar-refractivity contribution in [2.45, 2.75) is 32.8 Å². The average molecular weight is 287 g/mol. The maximum absolute atomic E-state index is 12.2. The molecule has 0 amide bonds. The molecule has 0 aliphatic heterocycles. The predicted molar refractivity (Wildman–Crippen MR) is 78.8 cm³/mol. The Morgan fingerprint density at radius 2 is 2.05 bits per heavy atom. The van der Waals surface area contributed by atoms with E-state index < -0.39 is 11.6 Å². The van der Waals surface area contributed by atoms with E-state index in [1.165, 1.54) is 10.8 Å². The second-order valence-corrected chi connectivity index (χ2v) is 5.76. The zero-order valence-corrected chi connectivity index (χ0v) is 12.4. The molecule has 1 aliphatic carbocycles. The van der Waals surface area contributed by atoms with Crippen LogP contribution in [0.15, 0.2) is 16.6 Å². The molecule has 1 aromatic rings. The van der Waals surface area contributed by atoms with Crippen molar-refractivity contribution in [3.8, 4) is 11.8 Å². The van der Waals surface area contributed by atoms with Crippen molar-refractivity contribution in [1.82, 2.24) is 4.57 Å². The molecule has 0 saturated heterocycles. The zero-order chi connectivity index (χ0) is 15.9. The first-order chi connectivity index (χ1) is 9.61. The number of aryl methyl sites for hydroxylation is 1. The van der Waals surface area contributed by atoms with Crippen LogP contribution in [0.25, 0.3) is 5.57 Å². The third-order valence-corrected chi connectivity index (χ3v) is 3.31. The minimum Gasteiger partial charge on any atom is -0.478 e. The van der Waals surface area contributed by atoms with Gasteiger partial charge in [0, 0.05) is 36.4 Å². The molecule has 0 bridgehead atoms. The van der Waals surface area contributed by atoms with Gasteiger partial charge in [-0.05, 0) is 20.8 Å². The molecule has 21 heavy (non-hydrogen) atoms. The Labute approximate surface area is 122 Å². The Bertz CT molecular complexity index is 779. The summed E-state index contributed by atoms with van der Waals surface area (Å²) < 4.78 is 1.39. The molecule has 5 nitrogen and oxygen atoms in total. The van der Waals surface area contributed by atoms with Crippen molar-refractivity contribution in [3.63, 3.8) is 0 Å². The van der Waals surface area contributed by atoms with E-state index >= 15 is 0 Å². The number of carboxylic acids is 1. The number of hydrogen-bond donors (Lipinski definition) is 2. The predicted octanol–water partition coefficient (Wildman–Crippen LogP) is 0.922. The van der Waals surface area contributed by atoms with E-state index in [-0.39, 0.29) is 11.1 Å². The van der Waals surface area contributed by atoms with Crippen molar-refractivity contribution in [1.29, 1.82) is 0 Å². The van der Waals surface area contributed by atoms with E-state index in [2.05, 4.69) is 11.8 Å². The van der Waals surface area contributed by atoms with E-state index in [0.717, 1.165) is 0 Å². The molecule has 1 aliphatic rings. The fourth-order valence-electron chi connectivity index (χ4n) is 2.42. The van der Waals surface area contributed by atoms with Gasteiger partial charge in [0.25, 0.3) is 5.56 Å². The summed E-state index contributed by atoms with van der Waals surface area (Å²) in [7, 11) is 1.60. The van der Waals surface area contributed by atoms with Crippen LogP contribution >= 0.6 is 0 Å². The van der Waals surface area contributed by atoms with E-state index in [0.29, 0.717) is 28.7 Å². The normalized spacial score (nSPS) is 13.8. The van der Waals surface area contributed by atoms with Crippen LogP contribution in [0, 0.1) is 11.8 Å². The topological polar surface area (TPSA) is 79.5 Å². The standard InChI is InChI=1S/C16H17NO4/c1-9-7-11-13(12(9)15(19)20)10(5-6-16(2,3)21)8-17(4)14(11)18/h8,21H,7H2,1-4H3,(H,19,20). The number of aliphatic carboxylic acids is 1. The molecule has 2 N–H and O–H groups in total. The second-order valence-electron chi connectivity index (χ2n) is 5.76. The monoisotopic (exact) mass is 287 g/mol. The Balaban J connectivity index is 2.77. The Morgan fingerprint density at radius 3 is 2.57 bits per heavy atom. The lowest BCUT2D eigenvalue weighted by atomic mass is 10.00. The number of aliphatic hydroxyl groups is 1. The average Bonchev–Trinajstić information content (AvgIpc) is 2.69. The summed E-state index contributed by atoms with van der Waals surface area (Å²) >= 11 is 0. The molecule has 0 spiro atoms. The van der Waals surface area contributed by atoms with Crippen LogP contribution < -0.4 is 5.56 Å². The van der Waals surface area contributed by atoms with Crippen LogP contribution in [-0.2, 0) is 18.3 Å². The number of fused-ring (bicyclic) bond motifs is 1. The lowest BCUT2D eigenvalue weighted by Crippen LogP contribution is -2.22. The number of allylic oxidation sites excluding steroid dienone is 1. The second kappa shape index (κ2) is 4.90. The number of carboxylic acid groups (broad SMARTS) is 1. The number of pyridine rings is 1. The van der Waals surface area contributed by atoms with Gasteiger partial charge in [0.15, 0.2) is 0 Å². The summed E-state index contributed by atoms with van der Waals surface area (Å²) in [5.74, 6) is 4.40.